The van der Waals surface area contributed by atoms with Gasteiger partial charge in [0.1, 0.15) is 6.04 Å². The van der Waals surface area contributed by atoms with Gasteiger partial charge in [-0.2, -0.15) is 5.26 Å². The predicted octanol–water partition coefficient (Wildman–Crippen LogP) is 1.91. The quantitative estimate of drug-likeness (QED) is 0.850. The number of amides is 1. The van der Waals surface area contributed by atoms with Crippen LogP contribution >= 0.6 is 11.6 Å². The van der Waals surface area contributed by atoms with E-state index in [1.54, 1.807) is 12.1 Å². The van der Waals surface area contributed by atoms with Gasteiger partial charge in [0.25, 0.3) is 0 Å². The van der Waals surface area contributed by atoms with E-state index in [9.17, 15) is 4.79 Å². The van der Waals surface area contributed by atoms with Crippen LogP contribution in [-0.2, 0) is 11.2 Å². The van der Waals surface area contributed by atoms with Crippen LogP contribution in [0.5, 0.6) is 0 Å². The topological polar surface area (TPSA) is 52.9 Å². The zero-order valence-corrected chi connectivity index (χ0v) is 9.08. The molecule has 0 aliphatic rings. The van der Waals surface area contributed by atoms with Crippen molar-refractivity contribution in [1.29, 1.82) is 5.26 Å². The molecule has 0 aromatic heterocycles. The van der Waals surface area contributed by atoms with E-state index in [0.29, 0.717) is 11.4 Å². The minimum absolute atomic E-state index is 0.199. The fourth-order valence-corrected chi connectivity index (χ4v) is 1.36. The number of nitrogens with zero attached hydrogens (tertiary/aromatic N) is 1. The first-order valence-corrected chi connectivity index (χ1v) is 4.91. The Morgan fingerprint density at radius 1 is 1.53 bits per heavy atom. The summed E-state index contributed by atoms with van der Waals surface area (Å²) in [5.41, 5.74) is 0.972. The summed E-state index contributed by atoms with van der Waals surface area (Å²) >= 11 is 5.73. The molecule has 0 radical (unpaired) electrons. The van der Waals surface area contributed by atoms with Crippen LogP contribution in [0, 0.1) is 11.3 Å². The van der Waals surface area contributed by atoms with Crippen LogP contribution in [0.2, 0.25) is 5.02 Å². The predicted molar refractivity (Wildman–Crippen MR) is 58.4 cm³/mol. The third kappa shape index (κ3) is 4.01. The van der Waals surface area contributed by atoms with Crippen molar-refractivity contribution < 1.29 is 4.79 Å². The minimum Gasteiger partial charge on any atom is -0.340 e. The zero-order chi connectivity index (χ0) is 11.3. The van der Waals surface area contributed by atoms with E-state index >= 15 is 0 Å². The van der Waals surface area contributed by atoms with Crippen LogP contribution in [0.4, 0.5) is 0 Å². The lowest BCUT2D eigenvalue weighted by Crippen LogP contribution is -2.33. The van der Waals surface area contributed by atoms with Crippen molar-refractivity contribution in [1.82, 2.24) is 5.32 Å². The molecule has 0 fully saturated rings. The van der Waals surface area contributed by atoms with Crippen molar-refractivity contribution in [2.45, 2.75) is 19.4 Å². The van der Waals surface area contributed by atoms with Gasteiger partial charge in [-0.3, -0.25) is 4.79 Å². The fourth-order valence-electron chi connectivity index (χ4n) is 1.23. The summed E-state index contributed by atoms with van der Waals surface area (Å²) < 4.78 is 0. The highest BCUT2D eigenvalue weighted by molar-refractivity contribution is 6.30. The first kappa shape index (κ1) is 11.5. The van der Waals surface area contributed by atoms with Crippen LogP contribution in [0.1, 0.15) is 12.5 Å². The molecule has 0 spiro atoms. The van der Waals surface area contributed by atoms with Gasteiger partial charge in [0.05, 0.1) is 6.07 Å². The molecule has 0 heterocycles. The maximum atomic E-state index is 10.8. The molecule has 3 nitrogen and oxygen atoms in total. The van der Waals surface area contributed by atoms with E-state index in [1.165, 1.54) is 6.92 Å². The summed E-state index contributed by atoms with van der Waals surface area (Å²) in [6.07, 6.45) is 0.493. The molecule has 15 heavy (non-hydrogen) atoms. The van der Waals surface area contributed by atoms with Gasteiger partial charge in [-0.25, -0.2) is 0 Å². The Balaban J connectivity index is 2.63. The van der Waals surface area contributed by atoms with Gasteiger partial charge < -0.3 is 5.32 Å². The SMILES string of the molecule is CC(=O)N[C@H](C#N)Cc1ccc(Cl)cc1. The third-order valence-electron chi connectivity index (χ3n) is 1.89. The summed E-state index contributed by atoms with van der Waals surface area (Å²) in [6, 6.07) is 8.76. The molecule has 0 saturated heterocycles. The average molecular weight is 223 g/mol. The summed E-state index contributed by atoms with van der Waals surface area (Å²) in [5.74, 6) is -0.199. The molecule has 1 rings (SSSR count). The Bertz CT molecular complexity index is 381. The number of carbonyl (C=O) groups is 1. The maximum absolute atomic E-state index is 10.8. The average Bonchev–Trinajstić information content (AvgIpc) is 2.19. The molecule has 1 atom stereocenters. The van der Waals surface area contributed by atoms with E-state index in [1.807, 2.05) is 18.2 Å². The molecule has 0 unspecified atom stereocenters. The second kappa shape index (κ2) is 5.38. The normalized spacial score (nSPS) is 11.5. The number of benzene rings is 1. The molecule has 0 bridgehead atoms. The Morgan fingerprint density at radius 3 is 2.60 bits per heavy atom. The second-order valence-electron chi connectivity index (χ2n) is 3.21. The monoisotopic (exact) mass is 222 g/mol. The first-order chi connectivity index (χ1) is 7.11. The third-order valence-corrected chi connectivity index (χ3v) is 2.14. The highest BCUT2D eigenvalue weighted by Crippen LogP contribution is 2.10. The lowest BCUT2D eigenvalue weighted by atomic mass is 10.1. The largest absolute Gasteiger partial charge is 0.340 e. The highest BCUT2D eigenvalue weighted by atomic mass is 35.5. The fraction of sp³-hybridized carbons (Fsp3) is 0.273. The number of carbonyl (C=O) groups excluding carboxylic acids is 1. The van der Waals surface area contributed by atoms with Crippen LogP contribution in [-0.4, -0.2) is 11.9 Å². The van der Waals surface area contributed by atoms with Gasteiger partial charge in [-0.05, 0) is 17.7 Å². The second-order valence-corrected chi connectivity index (χ2v) is 3.65. The van der Waals surface area contributed by atoms with Crippen molar-refractivity contribution in [3.63, 3.8) is 0 Å². The van der Waals surface area contributed by atoms with Crippen molar-refractivity contribution in [3.8, 4) is 6.07 Å². The van der Waals surface area contributed by atoms with Gasteiger partial charge in [-0.15, -0.1) is 0 Å². The molecule has 1 aromatic rings. The number of hydrogen-bond acceptors (Lipinski definition) is 2. The van der Waals surface area contributed by atoms with Crippen molar-refractivity contribution in [3.05, 3.63) is 34.9 Å². The summed E-state index contributed by atoms with van der Waals surface area (Å²) in [6.45, 7) is 1.40. The lowest BCUT2D eigenvalue weighted by Gasteiger charge is -2.09. The Kier molecular flexibility index (Phi) is 4.14. The van der Waals surface area contributed by atoms with Crippen LogP contribution < -0.4 is 5.32 Å². The number of nitrogens with one attached hydrogen (secondary N) is 1. The molecular formula is C11H11ClN2O. The van der Waals surface area contributed by atoms with Gasteiger partial charge in [0, 0.05) is 18.4 Å². The van der Waals surface area contributed by atoms with Crippen LogP contribution in [0.3, 0.4) is 0 Å². The minimum atomic E-state index is -0.483. The van der Waals surface area contributed by atoms with Crippen molar-refractivity contribution in [2.75, 3.05) is 0 Å². The maximum Gasteiger partial charge on any atom is 0.217 e. The molecular weight excluding hydrogens is 212 g/mol. The van der Waals surface area contributed by atoms with E-state index in [-0.39, 0.29) is 5.91 Å². The number of hydrogen-bond donors (Lipinski definition) is 1. The molecule has 0 saturated carbocycles. The van der Waals surface area contributed by atoms with Gasteiger partial charge in [-0.1, -0.05) is 23.7 Å². The first-order valence-electron chi connectivity index (χ1n) is 4.53. The lowest BCUT2D eigenvalue weighted by molar-refractivity contribution is -0.119. The van der Waals surface area contributed by atoms with E-state index < -0.39 is 6.04 Å². The summed E-state index contributed by atoms with van der Waals surface area (Å²) in [5, 5.41) is 12.0. The van der Waals surface area contributed by atoms with Crippen LogP contribution in [0.15, 0.2) is 24.3 Å². The summed E-state index contributed by atoms with van der Waals surface area (Å²) in [7, 11) is 0. The Morgan fingerprint density at radius 2 is 2.13 bits per heavy atom. The number of halogens is 1. The molecule has 1 aromatic carbocycles. The highest BCUT2D eigenvalue weighted by Gasteiger charge is 2.08. The number of nitriles is 1. The molecule has 0 aliphatic heterocycles. The molecule has 1 N–H and O–H groups in total. The molecule has 78 valence electrons. The molecule has 0 aliphatic carbocycles. The Hall–Kier alpha value is -1.53. The standard InChI is InChI=1S/C11H11ClN2O/c1-8(15)14-11(7-13)6-9-2-4-10(12)5-3-9/h2-5,11H,6H2,1H3,(H,14,15)/t11-/m0/s1. The molecule has 1 amide bonds. The van der Waals surface area contributed by atoms with E-state index in [2.05, 4.69) is 5.32 Å². The zero-order valence-electron chi connectivity index (χ0n) is 8.33. The Labute approximate surface area is 93.7 Å². The smallest absolute Gasteiger partial charge is 0.217 e. The van der Waals surface area contributed by atoms with Gasteiger partial charge >= 0.3 is 0 Å². The van der Waals surface area contributed by atoms with E-state index in [0.717, 1.165) is 5.56 Å². The van der Waals surface area contributed by atoms with Crippen LogP contribution in [0.25, 0.3) is 0 Å². The van der Waals surface area contributed by atoms with Crippen molar-refractivity contribution in [2.24, 2.45) is 0 Å². The summed E-state index contributed by atoms with van der Waals surface area (Å²) in [4.78, 5) is 10.8. The van der Waals surface area contributed by atoms with Crippen molar-refractivity contribution >= 4 is 17.5 Å². The molecule has 4 heteroatoms. The van der Waals surface area contributed by atoms with E-state index in [4.69, 9.17) is 16.9 Å². The van der Waals surface area contributed by atoms with Gasteiger partial charge in [0.2, 0.25) is 5.91 Å². The van der Waals surface area contributed by atoms with Gasteiger partial charge in [0.15, 0.2) is 0 Å². The number of rotatable bonds is 3.